The number of rotatable bonds is 14. The van der Waals surface area contributed by atoms with Crippen molar-refractivity contribution < 1.29 is 9.59 Å². The highest BCUT2D eigenvalue weighted by Gasteiger charge is 2.37. The zero-order chi connectivity index (χ0) is 30.6. The minimum Gasteiger partial charge on any atom is -0.381 e. The predicted molar refractivity (Wildman–Crippen MR) is 175 cm³/mol. The van der Waals surface area contributed by atoms with Crippen LogP contribution in [0.25, 0.3) is 0 Å². The monoisotopic (exact) mass is 560 g/mol. The number of hydrogen-bond acceptors (Lipinski definition) is 4. The molecule has 0 saturated carbocycles. The van der Waals surface area contributed by atoms with E-state index in [0.29, 0.717) is 37.3 Å². The highest BCUT2D eigenvalue weighted by molar-refractivity contribution is 5.98. The smallest absolute Gasteiger partial charge is 0.274 e. The zero-order valence-electron chi connectivity index (χ0n) is 26.4. The van der Waals surface area contributed by atoms with Crippen LogP contribution in [-0.4, -0.2) is 42.1 Å². The van der Waals surface area contributed by atoms with Crippen LogP contribution in [0.4, 0.5) is 0 Å². The van der Waals surface area contributed by atoms with Gasteiger partial charge in [-0.3, -0.25) is 19.5 Å². The van der Waals surface area contributed by atoms with Gasteiger partial charge in [0.25, 0.3) is 5.91 Å². The molecule has 2 N–H and O–H groups in total. The van der Waals surface area contributed by atoms with Crippen LogP contribution >= 0.6 is 0 Å². The molecule has 1 aliphatic heterocycles. The summed E-state index contributed by atoms with van der Waals surface area (Å²) in [5, 5.41) is 6.36. The number of allylic oxidation sites excluding steroid dienone is 5. The van der Waals surface area contributed by atoms with Crippen molar-refractivity contribution in [3.05, 3.63) is 95.0 Å². The summed E-state index contributed by atoms with van der Waals surface area (Å²) < 4.78 is 0. The Labute approximate surface area is 249 Å². The normalized spacial score (nSPS) is 16.5. The average molecular weight is 561 g/mol. The van der Waals surface area contributed by atoms with E-state index in [2.05, 4.69) is 48.2 Å². The van der Waals surface area contributed by atoms with Crippen molar-refractivity contribution in [3.8, 4) is 0 Å². The molecule has 1 atom stereocenters. The molecule has 0 radical (unpaired) electrons. The summed E-state index contributed by atoms with van der Waals surface area (Å²) in [5.41, 5.74) is 5.77. The van der Waals surface area contributed by atoms with Crippen molar-refractivity contribution in [2.24, 2.45) is 4.99 Å². The van der Waals surface area contributed by atoms with E-state index in [0.717, 1.165) is 42.4 Å². The van der Waals surface area contributed by atoms with Crippen LogP contribution < -0.4 is 10.6 Å². The van der Waals surface area contributed by atoms with Crippen LogP contribution in [0.15, 0.2) is 94.4 Å². The van der Waals surface area contributed by atoms with Crippen molar-refractivity contribution >= 4 is 18.0 Å². The molecule has 6 nitrogen and oxygen atoms in total. The van der Waals surface area contributed by atoms with Gasteiger partial charge < -0.3 is 10.6 Å². The molecule has 1 aliphatic rings. The highest BCUT2D eigenvalue weighted by atomic mass is 16.2. The number of nitrogens with one attached hydrogen (secondary N) is 2. The van der Waals surface area contributed by atoms with Gasteiger partial charge in [-0.25, -0.2) is 0 Å². The lowest BCUT2D eigenvalue weighted by Crippen LogP contribution is -2.47. The molecule has 2 rings (SSSR count). The third-order valence-corrected chi connectivity index (χ3v) is 6.95. The number of aryl methyl sites for hydroxylation is 1. The molecule has 1 fully saturated rings. The first-order valence-corrected chi connectivity index (χ1v) is 15.1. The van der Waals surface area contributed by atoms with Crippen LogP contribution in [0.2, 0.25) is 0 Å². The number of amides is 2. The standard InChI is InChI=1S/C33H46N4O2.C2H6/c1-7-15-29(23-34-21-8-2)26(6)28(9-3)24-36-32(38)31-20-19-25(5)37(31)33(39)30(10-4)35-22-14-18-27-16-12-11-13-17-27;1-2/h8-13,16-17,21,23,31,35H,5,7,14-15,18-20,22,24H2,1-4,6H3,(H,36,38);1-2H3/b21-8-,28-9-,29-26+,30-10+,34-23+;. The first kappa shape index (κ1) is 35.4. The fourth-order valence-electron chi connectivity index (χ4n) is 4.69. The predicted octanol–water partition coefficient (Wildman–Crippen LogP) is 7.43. The van der Waals surface area contributed by atoms with E-state index in [9.17, 15) is 9.59 Å². The van der Waals surface area contributed by atoms with Gasteiger partial charge in [-0.2, -0.15) is 0 Å². The van der Waals surface area contributed by atoms with Crippen LogP contribution in [-0.2, 0) is 16.0 Å². The van der Waals surface area contributed by atoms with Gasteiger partial charge >= 0.3 is 0 Å². The van der Waals surface area contributed by atoms with Gasteiger partial charge in [0.15, 0.2) is 0 Å². The lowest BCUT2D eigenvalue weighted by molar-refractivity contribution is -0.134. The summed E-state index contributed by atoms with van der Waals surface area (Å²) in [6.45, 7) is 19.1. The Hall–Kier alpha value is -3.67. The summed E-state index contributed by atoms with van der Waals surface area (Å²) >= 11 is 0. The third kappa shape index (κ3) is 11.4. The van der Waals surface area contributed by atoms with Crippen LogP contribution in [0, 0.1) is 0 Å². The number of nitrogens with zero attached hydrogens (tertiary/aromatic N) is 2. The Morgan fingerprint density at radius 3 is 2.41 bits per heavy atom. The fourth-order valence-corrected chi connectivity index (χ4v) is 4.69. The summed E-state index contributed by atoms with van der Waals surface area (Å²) in [6, 6.07) is 9.73. The van der Waals surface area contributed by atoms with E-state index in [-0.39, 0.29) is 11.8 Å². The van der Waals surface area contributed by atoms with Crippen molar-refractivity contribution in [1.82, 2.24) is 15.5 Å². The Balaban J connectivity index is 0.00000411. The molecule has 1 saturated heterocycles. The molecule has 6 heteroatoms. The minimum atomic E-state index is -0.570. The number of hydrogen-bond donors (Lipinski definition) is 2. The van der Waals surface area contributed by atoms with Crippen LogP contribution in [0.3, 0.4) is 0 Å². The maximum atomic E-state index is 13.5. The van der Waals surface area contributed by atoms with Crippen molar-refractivity contribution in [1.29, 1.82) is 0 Å². The van der Waals surface area contributed by atoms with Crippen molar-refractivity contribution in [2.75, 3.05) is 13.1 Å². The summed E-state index contributed by atoms with van der Waals surface area (Å²) in [4.78, 5) is 32.7. The molecule has 41 heavy (non-hydrogen) atoms. The Morgan fingerprint density at radius 2 is 1.80 bits per heavy atom. The molecular formula is C35H52N4O2. The van der Waals surface area contributed by atoms with Crippen LogP contribution in [0.1, 0.15) is 86.1 Å². The molecule has 0 aromatic heterocycles. The SMILES string of the molecule is C=C1CCC(C(=O)NCC(=C/C)/C(C)=C(/C=N/C=C\C)CCC)N1C(=O)/C(=C\C)NCCCc1ccccc1.CC. The summed E-state index contributed by atoms with van der Waals surface area (Å²) in [6.07, 6.45) is 14.3. The van der Waals surface area contributed by atoms with E-state index in [1.54, 1.807) is 17.2 Å². The average Bonchev–Trinajstić information content (AvgIpc) is 3.39. The van der Waals surface area contributed by atoms with Gasteiger partial charge in [0, 0.05) is 31.2 Å². The molecule has 0 spiro atoms. The van der Waals surface area contributed by atoms with Crippen LogP contribution in [0.5, 0.6) is 0 Å². The Kier molecular flexibility index (Phi) is 17.5. The molecular weight excluding hydrogens is 508 g/mol. The van der Waals surface area contributed by atoms with Gasteiger partial charge in [-0.15, -0.1) is 0 Å². The van der Waals surface area contributed by atoms with E-state index in [1.807, 2.05) is 71.2 Å². The molecule has 1 heterocycles. The number of carbonyl (C=O) groups is 2. The second-order valence-electron chi connectivity index (χ2n) is 9.71. The van der Waals surface area contributed by atoms with Gasteiger partial charge in [0.1, 0.15) is 6.04 Å². The quantitative estimate of drug-likeness (QED) is 0.108. The Bertz CT molecular complexity index is 1130. The third-order valence-electron chi connectivity index (χ3n) is 6.95. The molecule has 0 bridgehead atoms. The van der Waals surface area contributed by atoms with Gasteiger partial charge in [0.2, 0.25) is 5.91 Å². The van der Waals surface area contributed by atoms with Gasteiger partial charge in [0.05, 0.1) is 5.70 Å². The lowest BCUT2D eigenvalue weighted by Gasteiger charge is -2.26. The number of likely N-dealkylation sites (tertiary alicyclic amines) is 1. The first-order chi connectivity index (χ1) is 19.9. The zero-order valence-corrected chi connectivity index (χ0v) is 26.4. The Morgan fingerprint density at radius 1 is 1.10 bits per heavy atom. The maximum absolute atomic E-state index is 13.5. The second kappa shape index (κ2) is 20.2. The summed E-state index contributed by atoms with van der Waals surface area (Å²) in [5.74, 6) is -0.360. The lowest BCUT2D eigenvalue weighted by atomic mass is 9.98. The van der Waals surface area contributed by atoms with Crippen molar-refractivity contribution in [3.63, 3.8) is 0 Å². The largest absolute Gasteiger partial charge is 0.381 e. The molecule has 2 amide bonds. The van der Waals surface area contributed by atoms with E-state index in [4.69, 9.17) is 0 Å². The number of carbonyl (C=O) groups excluding carboxylic acids is 2. The molecule has 0 aliphatic carbocycles. The molecule has 1 aromatic carbocycles. The maximum Gasteiger partial charge on any atom is 0.274 e. The second-order valence-corrected chi connectivity index (χ2v) is 9.71. The summed E-state index contributed by atoms with van der Waals surface area (Å²) in [7, 11) is 0. The number of benzene rings is 1. The van der Waals surface area contributed by atoms with E-state index < -0.39 is 6.04 Å². The van der Waals surface area contributed by atoms with Gasteiger partial charge in [-0.1, -0.05) is 82.3 Å². The van der Waals surface area contributed by atoms with Gasteiger partial charge in [-0.05, 0) is 82.1 Å². The molecule has 1 aromatic rings. The first-order valence-electron chi connectivity index (χ1n) is 15.1. The number of aliphatic imine (C=N–C) groups is 1. The topological polar surface area (TPSA) is 73.8 Å². The molecule has 224 valence electrons. The van der Waals surface area contributed by atoms with Crippen molar-refractivity contribution in [2.45, 2.75) is 93.0 Å². The fraction of sp³-hybridized carbons (Fsp3) is 0.457. The highest BCUT2D eigenvalue weighted by Crippen LogP contribution is 2.28. The van der Waals surface area contributed by atoms with E-state index in [1.165, 1.54) is 5.56 Å². The minimum absolute atomic E-state index is 0.159. The van der Waals surface area contributed by atoms with E-state index >= 15 is 0 Å². The molecule has 1 unspecified atom stereocenters.